The molecular formula is C11H11N2NaO4S2. The second kappa shape index (κ2) is 7.48. The first-order valence-electron chi connectivity index (χ1n) is 5.51. The van der Waals surface area contributed by atoms with Crippen LogP contribution in [0.2, 0.25) is 0 Å². The molecule has 0 aliphatic heterocycles. The smallest absolute Gasteiger partial charge is 0.748 e. The number of carbonyl (C=O) groups excluding carboxylic acids is 1. The molecule has 0 saturated carbocycles. The van der Waals surface area contributed by atoms with Crippen LogP contribution in [-0.2, 0) is 14.9 Å². The van der Waals surface area contributed by atoms with Crippen LogP contribution in [-0.4, -0.2) is 36.7 Å². The molecule has 6 nitrogen and oxygen atoms in total. The molecule has 0 N–H and O–H groups in total. The van der Waals surface area contributed by atoms with E-state index in [0.29, 0.717) is 11.5 Å². The van der Waals surface area contributed by atoms with Gasteiger partial charge in [-0.05, 0) is 18.6 Å². The second-order valence-corrected chi connectivity index (χ2v) is 6.41. The fourth-order valence-corrected chi connectivity index (χ4v) is 3.03. The summed E-state index contributed by atoms with van der Waals surface area (Å²) in [6.45, 7) is 0.158. The van der Waals surface area contributed by atoms with Crippen molar-refractivity contribution in [3.8, 4) is 0 Å². The van der Waals surface area contributed by atoms with Crippen LogP contribution in [0.15, 0.2) is 24.3 Å². The van der Waals surface area contributed by atoms with Gasteiger partial charge in [0.15, 0.2) is 5.13 Å². The Balaban J connectivity index is 0.00000200. The van der Waals surface area contributed by atoms with Gasteiger partial charge in [0.25, 0.3) is 0 Å². The normalized spacial score (nSPS) is 11.1. The number of carbonyl (C=O) groups is 1. The molecule has 0 unspecified atom stereocenters. The quantitative estimate of drug-likeness (QED) is 0.355. The molecule has 2 aromatic rings. The van der Waals surface area contributed by atoms with Gasteiger partial charge in [0.2, 0.25) is 6.41 Å². The number of rotatable bonds is 6. The summed E-state index contributed by atoms with van der Waals surface area (Å²) in [4.78, 5) is 16.6. The summed E-state index contributed by atoms with van der Waals surface area (Å²) in [5, 5.41) is 0.500. The van der Waals surface area contributed by atoms with Gasteiger partial charge in [-0.2, -0.15) is 0 Å². The Kier molecular flexibility index (Phi) is 6.56. The van der Waals surface area contributed by atoms with Gasteiger partial charge >= 0.3 is 29.6 Å². The molecule has 0 radical (unpaired) electrons. The van der Waals surface area contributed by atoms with Crippen molar-refractivity contribution in [3.63, 3.8) is 0 Å². The second-order valence-electron chi connectivity index (χ2n) is 3.88. The van der Waals surface area contributed by atoms with Crippen LogP contribution in [0.25, 0.3) is 10.2 Å². The Labute approximate surface area is 142 Å². The first-order chi connectivity index (χ1) is 8.99. The third-order valence-electron chi connectivity index (χ3n) is 2.45. The molecule has 0 aliphatic carbocycles. The predicted octanol–water partition coefficient (Wildman–Crippen LogP) is -1.80. The molecular weight excluding hydrogens is 311 g/mol. The molecule has 20 heavy (non-hydrogen) atoms. The third-order valence-corrected chi connectivity index (χ3v) is 4.31. The maximum absolute atomic E-state index is 11.0. The van der Waals surface area contributed by atoms with E-state index in [1.165, 1.54) is 16.2 Å². The van der Waals surface area contributed by atoms with Gasteiger partial charge in [0.05, 0.1) is 20.3 Å². The standard InChI is InChI=1S/C11H12N2O4S2.Na/c14-8-13(6-3-7-19(15,16)17)11-12-9-4-1-2-5-10(9)18-11;/h1-2,4-5,8H,3,6-7H2,(H,15,16,17);/q;+1/p-1. The van der Waals surface area contributed by atoms with Crippen molar-refractivity contribution in [1.29, 1.82) is 0 Å². The van der Waals surface area contributed by atoms with Crippen molar-refractivity contribution < 1.29 is 47.3 Å². The molecule has 0 aliphatic rings. The summed E-state index contributed by atoms with van der Waals surface area (Å²) in [5.74, 6) is -0.484. The number of para-hydroxylation sites is 1. The van der Waals surface area contributed by atoms with Gasteiger partial charge in [-0.25, -0.2) is 13.4 Å². The molecule has 1 heterocycles. The van der Waals surface area contributed by atoms with E-state index in [-0.39, 0.29) is 42.5 Å². The molecule has 1 amide bonds. The van der Waals surface area contributed by atoms with Crippen LogP contribution in [0, 0.1) is 0 Å². The fraction of sp³-hybridized carbons (Fsp3) is 0.273. The van der Waals surface area contributed by atoms with Gasteiger partial charge in [-0.3, -0.25) is 9.69 Å². The van der Waals surface area contributed by atoms with Gasteiger partial charge in [-0.1, -0.05) is 23.5 Å². The molecule has 9 heteroatoms. The van der Waals surface area contributed by atoms with E-state index in [2.05, 4.69) is 4.98 Å². The van der Waals surface area contributed by atoms with Crippen molar-refractivity contribution >= 4 is 43.2 Å². The van der Waals surface area contributed by atoms with E-state index in [0.717, 1.165) is 10.2 Å². The maximum Gasteiger partial charge on any atom is 1.00 e. The van der Waals surface area contributed by atoms with Crippen LogP contribution in [0.1, 0.15) is 6.42 Å². The minimum Gasteiger partial charge on any atom is -0.748 e. The van der Waals surface area contributed by atoms with Crippen LogP contribution in [0.4, 0.5) is 5.13 Å². The number of amides is 1. The Hall–Kier alpha value is -0.510. The molecule has 2 rings (SSSR count). The first-order valence-corrected chi connectivity index (χ1v) is 7.90. The molecule has 0 saturated heterocycles. The summed E-state index contributed by atoms with van der Waals surface area (Å²) in [6, 6.07) is 7.45. The monoisotopic (exact) mass is 322 g/mol. The zero-order chi connectivity index (χ0) is 13.9. The minimum absolute atomic E-state index is 0. The molecule has 1 aromatic heterocycles. The van der Waals surface area contributed by atoms with Crippen molar-refractivity contribution in [2.24, 2.45) is 0 Å². The summed E-state index contributed by atoms with van der Waals surface area (Å²) in [5.41, 5.74) is 0.783. The Bertz CT molecular complexity index is 654. The van der Waals surface area contributed by atoms with E-state index in [1.807, 2.05) is 24.3 Å². The van der Waals surface area contributed by atoms with Crippen LogP contribution in [0.3, 0.4) is 0 Å². The van der Waals surface area contributed by atoms with E-state index >= 15 is 0 Å². The number of fused-ring (bicyclic) bond motifs is 1. The predicted molar refractivity (Wildman–Crippen MR) is 72.2 cm³/mol. The minimum atomic E-state index is -4.24. The average Bonchev–Trinajstić information content (AvgIpc) is 2.76. The van der Waals surface area contributed by atoms with E-state index < -0.39 is 15.9 Å². The van der Waals surface area contributed by atoms with Crippen LogP contribution >= 0.6 is 11.3 Å². The number of thiazole rings is 1. The Morgan fingerprint density at radius 3 is 2.65 bits per heavy atom. The number of benzene rings is 1. The van der Waals surface area contributed by atoms with E-state index in [4.69, 9.17) is 0 Å². The van der Waals surface area contributed by atoms with Gasteiger partial charge in [-0.15, -0.1) is 0 Å². The van der Waals surface area contributed by atoms with Gasteiger partial charge in [0, 0.05) is 12.3 Å². The summed E-state index contributed by atoms with van der Waals surface area (Å²) in [6.07, 6.45) is 0.690. The van der Waals surface area contributed by atoms with Crippen LogP contribution in [0.5, 0.6) is 0 Å². The summed E-state index contributed by atoms with van der Waals surface area (Å²) >= 11 is 1.34. The largest absolute Gasteiger partial charge is 1.00 e. The van der Waals surface area contributed by atoms with Crippen molar-refractivity contribution in [3.05, 3.63) is 24.3 Å². The topological polar surface area (TPSA) is 90.4 Å². The zero-order valence-corrected chi connectivity index (χ0v) is 14.5. The van der Waals surface area contributed by atoms with Gasteiger partial charge in [0.1, 0.15) is 0 Å². The van der Waals surface area contributed by atoms with E-state index in [1.54, 1.807) is 0 Å². The number of nitrogens with zero attached hydrogens (tertiary/aromatic N) is 2. The SMILES string of the molecule is O=CN(CCCS(=O)(=O)[O-])c1nc2ccccc2s1.[Na+]. The molecule has 0 fully saturated rings. The third kappa shape index (κ3) is 4.80. The molecule has 1 aromatic carbocycles. The number of aromatic nitrogens is 1. The molecule has 102 valence electrons. The van der Waals surface area contributed by atoms with Gasteiger partial charge < -0.3 is 4.55 Å². The molecule has 0 atom stereocenters. The van der Waals surface area contributed by atoms with Crippen molar-refractivity contribution in [1.82, 2.24) is 4.98 Å². The first kappa shape index (κ1) is 17.5. The number of hydrogen-bond acceptors (Lipinski definition) is 6. The summed E-state index contributed by atoms with van der Waals surface area (Å²) < 4.78 is 32.5. The number of hydrogen-bond donors (Lipinski definition) is 0. The summed E-state index contributed by atoms with van der Waals surface area (Å²) in [7, 11) is -4.24. The Morgan fingerprint density at radius 1 is 1.35 bits per heavy atom. The molecule has 0 bridgehead atoms. The van der Waals surface area contributed by atoms with E-state index in [9.17, 15) is 17.8 Å². The Morgan fingerprint density at radius 2 is 2.05 bits per heavy atom. The molecule has 0 spiro atoms. The average molecular weight is 322 g/mol. The van der Waals surface area contributed by atoms with Crippen molar-refractivity contribution in [2.75, 3.05) is 17.2 Å². The van der Waals surface area contributed by atoms with Crippen LogP contribution < -0.4 is 34.5 Å². The number of anilines is 1. The maximum atomic E-state index is 11.0. The van der Waals surface area contributed by atoms with Crippen molar-refractivity contribution in [2.45, 2.75) is 6.42 Å². The fourth-order valence-electron chi connectivity index (χ4n) is 1.59. The zero-order valence-electron chi connectivity index (χ0n) is 10.9.